The first-order chi connectivity index (χ1) is 17.4. The standard InChI is InChI=1S/C27H27N3O5S/c1-19-10-12-21(13-11-19)35-27(33)30(18-25(31)32)17-20-6-5-7-22(16-20)34-15-14-29(2)26-28-23-8-3-4-9-24(23)36-26/h3-13,16H,14-15,17-18H2,1-2H3,(H,31,32). The number of amides is 1. The van der Waals surface area contributed by atoms with E-state index in [1.165, 1.54) is 0 Å². The Kier molecular flexibility index (Phi) is 8.02. The second-order valence-electron chi connectivity index (χ2n) is 8.31. The number of aryl methyl sites for hydroxylation is 1. The van der Waals surface area contributed by atoms with Gasteiger partial charge in [0.2, 0.25) is 0 Å². The zero-order valence-corrected chi connectivity index (χ0v) is 20.9. The molecule has 8 nitrogen and oxygen atoms in total. The molecule has 0 fully saturated rings. The van der Waals surface area contributed by atoms with Gasteiger partial charge in [-0.2, -0.15) is 0 Å². The van der Waals surface area contributed by atoms with Crippen molar-refractivity contribution in [2.75, 3.05) is 31.6 Å². The van der Waals surface area contributed by atoms with Crippen molar-refractivity contribution in [3.05, 3.63) is 83.9 Å². The van der Waals surface area contributed by atoms with E-state index >= 15 is 0 Å². The highest BCUT2D eigenvalue weighted by atomic mass is 32.1. The number of hydrogen-bond acceptors (Lipinski definition) is 7. The first kappa shape index (κ1) is 25.0. The van der Waals surface area contributed by atoms with Crippen LogP contribution in [0.3, 0.4) is 0 Å². The number of likely N-dealkylation sites (N-methyl/N-ethyl adjacent to an activating group) is 1. The van der Waals surface area contributed by atoms with E-state index in [0.717, 1.165) is 31.4 Å². The molecule has 0 bridgehead atoms. The third-order valence-corrected chi connectivity index (χ3v) is 6.54. The summed E-state index contributed by atoms with van der Waals surface area (Å²) >= 11 is 1.63. The van der Waals surface area contributed by atoms with Gasteiger partial charge in [-0.1, -0.05) is 53.3 Å². The Morgan fingerprint density at radius 2 is 1.78 bits per heavy atom. The summed E-state index contributed by atoms with van der Waals surface area (Å²) in [6.45, 7) is 2.58. The number of carbonyl (C=O) groups is 2. The summed E-state index contributed by atoms with van der Waals surface area (Å²) < 4.78 is 12.4. The number of ether oxygens (including phenoxy) is 2. The summed E-state index contributed by atoms with van der Waals surface area (Å²) in [5.41, 5.74) is 2.74. The quantitative estimate of drug-likeness (QED) is 0.316. The lowest BCUT2D eigenvalue weighted by molar-refractivity contribution is -0.138. The van der Waals surface area contributed by atoms with Gasteiger partial charge in [0.1, 0.15) is 24.7 Å². The summed E-state index contributed by atoms with van der Waals surface area (Å²) in [5.74, 6) is -0.135. The number of thiazole rings is 1. The Labute approximate surface area is 213 Å². The molecule has 0 aliphatic heterocycles. The average molecular weight is 506 g/mol. The Bertz CT molecular complexity index is 1310. The van der Waals surface area contributed by atoms with Crippen LogP contribution in [0.25, 0.3) is 10.2 Å². The molecular weight excluding hydrogens is 478 g/mol. The molecule has 0 saturated carbocycles. The molecule has 3 aromatic carbocycles. The number of aliphatic carboxylic acids is 1. The van der Waals surface area contributed by atoms with Gasteiger partial charge in [-0.15, -0.1) is 0 Å². The van der Waals surface area contributed by atoms with Gasteiger partial charge >= 0.3 is 12.1 Å². The Hall–Kier alpha value is -4.11. The van der Waals surface area contributed by atoms with Gasteiger partial charge in [-0.3, -0.25) is 9.69 Å². The summed E-state index contributed by atoms with van der Waals surface area (Å²) in [7, 11) is 1.97. The molecule has 0 saturated heterocycles. The number of nitrogens with zero attached hydrogens (tertiary/aromatic N) is 3. The second kappa shape index (κ2) is 11.5. The van der Waals surface area contributed by atoms with Crippen molar-refractivity contribution < 1.29 is 24.2 Å². The van der Waals surface area contributed by atoms with Crippen LogP contribution in [0.15, 0.2) is 72.8 Å². The van der Waals surface area contributed by atoms with E-state index in [4.69, 9.17) is 9.47 Å². The van der Waals surface area contributed by atoms with Crippen LogP contribution >= 0.6 is 11.3 Å². The van der Waals surface area contributed by atoms with Crippen molar-refractivity contribution in [3.8, 4) is 11.5 Å². The van der Waals surface area contributed by atoms with Crippen LogP contribution < -0.4 is 14.4 Å². The molecule has 1 N–H and O–H groups in total. The van der Waals surface area contributed by atoms with Crippen molar-refractivity contribution in [1.82, 2.24) is 9.88 Å². The molecule has 4 aromatic rings. The number of aromatic nitrogens is 1. The molecule has 9 heteroatoms. The summed E-state index contributed by atoms with van der Waals surface area (Å²) in [6, 6.07) is 22.3. The number of rotatable bonds is 10. The van der Waals surface area contributed by atoms with Gasteiger partial charge in [0.05, 0.1) is 16.8 Å². The van der Waals surface area contributed by atoms with Crippen LogP contribution in [0.1, 0.15) is 11.1 Å². The minimum absolute atomic E-state index is 0.0692. The highest BCUT2D eigenvalue weighted by Crippen LogP contribution is 2.27. The zero-order valence-electron chi connectivity index (χ0n) is 20.1. The SMILES string of the molecule is Cc1ccc(OC(=O)N(CC(=O)O)Cc2cccc(OCCN(C)c3nc4ccccc4s3)c2)cc1. The van der Waals surface area contributed by atoms with Crippen molar-refractivity contribution in [1.29, 1.82) is 0 Å². The number of carboxylic acid groups (broad SMARTS) is 1. The number of hydrogen-bond donors (Lipinski definition) is 1. The third-order valence-electron chi connectivity index (χ3n) is 5.39. The zero-order chi connectivity index (χ0) is 25.5. The molecule has 1 heterocycles. The van der Waals surface area contributed by atoms with E-state index in [-0.39, 0.29) is 6.54 Å². The normalized spacial score (nSPS) is 10.7. The van der Waals surface area contributed by atoms with Crippen molar-refractivity contribution in [2.24, 2.45) is 0 Å². The molecule has 36 heavy (non-hydrogen) atoms. The van der Waals surface area contributed by atoms with E-state index in [0.29, 0.717) is 24.7 Å². The third kappa shape index (κ3) is 6.73. The maximum atomic E-state index is 12.7. The van der Waals surface area contributed by atoms with Gasteiger partial charge < -0.3 is 19.5 Å². The first-order valence-electron chi connectivity index (χ1n) is 11.4. The maximum absolute atomic E-state index is 12.7. The molecule has 0 radical (unpaired) electrons. The topological polar surface area (TPSA) is 92.2 Å². The van der Waals surface area contributed by atoms with Crippen LogP contribution in [0.5, 0.6) is 11.5 Å². The lowest BCUT2D eigenvalue weighted by atomic mass is 10.2. The van der Waals surface area contributed by atoms with Crippen LogP contribution in [0.2, 0.25) is 0 Å². The molecule has 0 spiro atoms. The van der Waals surface area contributed by atoms with Gasteiger partial charge in [0, 0.05) is 13.6 Å². The van der Waals surface area contributed by atoms with Gasteiger partial charge in [0.25, 0.3) is 0 Å². The fourth-order valence-electron chi connectivity index (χ4n) is 3.49. The van der Waals surface area contributed by atoms with Crippen LogP contribution in [0.4, 0.5) is 9.93 Å². The minimum atomic E-state index is -1.12. The first-order valence-corrected chi connectivity index (χ1v) is 12.2. The summed E-state index contributed by atoms with van der Waals surface area (Å²) in [4.78, 5) is 31.9. The predicted molar refractivity (Wildman–Crippen MR) is 140 cm³/mol. The number of carbonyl (C=O) groups excluding carboxylic acids is 1. The molecule has 4 rings (SSSR count). The Morgan fingerprint density at radius 3 is 2.53 bits per heavy atom. The number of carboxylic acids is 1. The van der Waals surface area contributed by atoms with E-state index in [2.05, 4.69) is 11.1 Å². The number of benzene rings is 3. The van der Waals surface area contributed by atoms with Crippen LogP contribution in [-0.2, 0) is 11.3 Å². The van der Waals surface area contributed by atoms with Crippen molar-refractivity contribution in [2.45, 2.75) is 13.5 Å². The Morgan fingerprint density at radius 1 is 1.00 bits per heavy atom. The minimum Gasteiger partial charge on any atom is -0.492 e. The number of para-hydroxylation sites is 1. The van der Waals surface area contributed by atoms with Crippen LogP contribution in [-0.4, -0.2) is 53.8 Å². The predicted octanol–water partition coefficient (Wildman–Crippen LogP) is 5.21. The van der Waals surface area contributed by atoms with E-state index in [9.17, 15) is 14.7 Å². The molecule has 0 atom stereocenters. The fraction of sp³-hybridized carbons (Fsp3) is 0.222. The lowest BCUT2D eigenvalue weighted by Gasteiger charge is -2.21. The molecule has 0 aliphatic rings. The van der Waals surface area contributed by atoms with Gasteiger partial charge in [-0.25, -0.2) is 9.78 Å². The van der Waals surface area contributed by atoms with Crippen molar-refractivity contribution in [3.63, 3.8) is 0 Å². The van der Waals surface area contributed by atoms with E-state index < -0.39 is 18.6 Å². The largest absolute Gasteiger partial charge is 0.492 e. The molecule has 186 valence electrons. The number of fused-ring (bicyclic) bond motifs is 1. The highest BCUT2D eigenvalue weighted by molar-refractivity contribution is 7.22. The Balaban J connectivity index is 1.35. The van der Waals surface area contributed by atoms with Crippen LogP contribution in [0, 0.1) is 6.92 Å². The smallest absolute Gasteiger partial charge is 0.416 e. The van der Waals surface area contributed by atoms with Gasteiger partial charge in [0.15, 0.2) is 5.13 Å². The van der Waals surface area contributed by atoms with E-state index in [1.807, 2.05) is 67.4 Å². The molecule has 0 unspecified atom stereocenters. The van der Waals surface area contributed by atoms with Gasteiger partial charge in [-0.05, 0) is 48.9 Å². The maximum Gasteiger partial charge on any atom is 0.416 e. The van der Waals surface area contributed by atoms with E-state index in [1.54, 1.807) is 29.5 Å². The highest BCUT2D eigenvalue weighted by Gasteiger charge is 2.20. The lowest BCUT2D eigenvalue weighted by Crippen LogP contribution is -2.37. The molecule has 1 amide bonds. The summed E-state index contributed by atoms with van der Waals surface area (Å²) in [5, 5.41) is 10.2. The molecule has 0 aliphatic carbocycles. The average Bonchev–Trinajstić information content (AvgIpc) is 3.30. The molecule has 1 aromatic heterocycles. The second-order valence-corrected chi connectivity index (χ2v) is 9.32. The number of anilines is 1. The summed E-state index contributed by atoms with van der Waals surface area (Å²) in [6.07, 6.45) is -0.731. The fourth-order valence-corrected chi connectivity index (χ4v) is 4.45. The van der Waals surface area contributed by atoms with Crippen molar-refractivity contribution >= 4 is 38.7 Å². The molecular formula is C27H27N3O5S. The monoisotopic (exact) mass is 505 g/mol.